The van der Waals surface area contributed by atoms with Crippen molar-refractivity contribution in [2.24, 2.45) is 5.10 Å². The van der Waals surface area contributed by atoms with E-state index in [0.29, 0.717) is 29.2 Å². The monoisotopic (exact) mass is 602 g/mol. The molecule has 1 aliphatic rings. The summed E-state index contributed by atoms with van der Waals surface area (Å²) in [5.74, 6) is 1.47. The highest BCUT2D eigenvalue weighted by molar-refractivity contribution is 9.10. The SMILES string of the molecule is COc1ccc(C2CC(c3ccc(Br)cc3)=NN2C(=O)Cn2nc(-c3ccc(OC)c(OC)c3)ccc2=O)cc1. The molecule has 204 valence electrons. The number of amides is 1. The van der Waals surface area contributed by atoms with Gasteiger partial charge in [-0.1, -0.05) is 40.2 Å². The molecule has 5 rings (SSSR count). The van der Waals surface area contributed by atoms with Gasteiger partial charge in [0.05, 0.1) is 38.8 Å². The summed E-state index contributed by atoms with van der Waals surface area (Å²) in [6.07, 6.45) is 0.522. The van der Waals surface area contributed by atoms with Crippen molar-refractivity contribution in [2.45, 2.75) is 19.0 Å². The smallest absolute Gasteiger partial charge is 0.267 e. The summed E-state index contributed by atoms with van der Waals surface area (Å²) in [7, 11) is 4.72. The van der Waals surface area contributed by atoms with Crippen LogP contribution in [0.2, 0.25) is 0 Å². The lowest BCUT2D eigenvalue weighted by atomic mass is 9.98. The standard InChI is InChI=1S/C30H27BrN4O5/c1-38-23-11-6-20(7-12-23)26-17-25(19-4-9-22(31)10-5-19)33-35(26)30(37)18-34-29(36)15-13-24(32-34)21-8-14-27(39-2)28(16-21)40-3/h4-16,26H,17-18H2,1-3H3. The van der Waals surface area contributed by atoms with Crippen LogP contribution in [0, 0.1) is 0 Å². The minimum atomic E-state index is -0.394. The van der Waals surface area contributed by atoms with Crippen LogP contribution in [0.25, 0.3) is 11.3 Å². The highest BCUT2D eigenvalue weighted by atomic mass is 79.9. The van der Waals surface area contributed by atoms with Crippen LogP contribution in [0.5, 0.6) is 17.2 Å². The van der Waals surface area contributed by atoms with Crippen LogP contribution >= 0.6 is 15.9 Å². The van der Waals surface area contributed by atoms with Gasteiger partial charge in [0.1, 0.15) is 12.3 Å². The number of halogens is 1. The van der Waals surface area contributed by atoms with E-state index >= 15 is 0 Å². The zero-order valence-electron chi connectivity index (χ0n) is 22.2. The van der Waals surface area contributed by atoms with E-state index in [4.69, 9.17) is 19.3 Å². The predicted molar refractivity (Wildman–Crippen MR) is 155 cm³/mol. The Bertz CT molecular complexity index is 1620. The van der Waals surface area contributed by atoms with Crippen molar-refractivity contribution in [1.82, 2.24) is 14.8 Å². The molecule has 2 heterocycles. The van der Waals surface area contributed by atoms with E-state index in [-0.39, 0.29) is 18.5 Å². The molecule has 0 spiro atoms. The Morgan fingerprint density at radius 2 is 1.57 bits per heavy atom. The lowest BCUT2D eigenvalue weighted by molar-refractivity contribution is -0.133. The number of carbonyl (C=O) groups excluding carboxylic acids is 1. The zero-order valence-corrected chi connectivity index (χ0v) is 23.8. The van der Waals surface area contributed by atoms with Gasteiger partial charge in [0.15, 0.2) is 11.5 Å². The van der Waals surface area contributed by atoms with Gasteiger partial charge < -0.3 is 14.2 Å². The molecule has 9 nitrogen and oxygen atoms in total. The van der Waals surface area contributed by atoms with E-state index < -0.39 is 5.56 Å². The van der Waals surface area contributed by atoms with Crippen molar-refractivity contribution in [3.05, 3.63) is 105 Å². The largest absolute Gasteiger partial charge is 0.497 e. The van der Waals surface area contributed by atoms with Crippen LogP contribution in [0.1, 0.15) is 23.6 Å². The maximum Gasteiger partial charge on any atom is 0.267 e. The molecule has 1 aliphatic heterocycles. The Kier molecular flexibility index (Phi) is 7.97. The van der Waals surface area contributed by atoms with Gasteiger partial charge in [0.25, 0.3) is 11.5 Å². The Hall–Kier alpha value is -4.44. The number of hydrazone groups is 1. The molecule has 0 bridgehead atoms. The highest BCUT2D eigenvalue weighted by Gasteiger charge is 2.33. The Labute approximate surface area is 239 Å². The topological polar surface area (TPSA) is 95.2 Å². The summed E-state index contributed by atoms with van der Waals surface area (Å²) in [4.78, 5) is 26.4. The molecule has 1 atom stereocenters. The molecule has 1 unspecified atom stereocenters. The summed E-state index contributed by atoms with van der Waals surface area (Å²) in [6, 6.07) is 23.4. The van der Waals surface area contributed by atoms with Gasteiger partial charge in [-0.25, -0.2) is 9.69 Å². The van der Waals surface area contributed by atoms with E-state index in [1.54, 1.807) is 39.5 Å². The summed E-state index contributed by atoms with van der Waals surface area (Å²) >= 11 is 3.46. The molecule has 0 aliphatic carbocycles. The third kappa shape index (κ3) is 5.62. The minimum Gasteiger partial charge on any atom is -0.497 e. The fraction of sp³-hybridized carbons (Fsp3) is 0.200. The number of nitrogens with zero attached hydrogens (tertiary/aromatic N) is 4. The maximum absolute atomic E-state index is 13.7. The first-order valence-electron chi connectivity index (χ1n) is 12.5. The molecule has 0 radical (unpaired) electrons. The number of hydrogen-bond acceptors (Lipinski definition) is 7. The predicted octanol–water partition coefficient (Wildman–Crippen LogP) is 5.08. The molecule has 0 saturated carbocycles. The van der Waals surface area contributed by atoms with E-state index in [0.717, 1.165) is 31.7 Å². The normalized spacial score (nSPS) is 14.6. The minimum absolute atomic E-state index is 0.274. The van der Waals surface area contributed by atoms with Gasteiger partial charge in [0, 0.05) is 22.5 Å². The van der Waals surface area contributed by atoms with E-state index in [1.807, 2.05) is 54.6 Å². The van der Waals surface area contributed by atoms with Crippen molar-refractivity contribution in [3.63, 3.8) is 0 Å². The number of ether oxygens (including phenoxy) is 3. The lowest BCUT2D eigenvalue weighted by Gasteiger charge is -2.22. The van der Waals surface area contributed by atoms with Crippen molar-refractivity contribution in [2.75, 3.05) is 21.3 Å². The lowest BCUT2D eigenvalue weighted by Crippen LogP contribution is -2.34. The van der Waals surface area contributed by atoms with Gasteiger partial charge in [-0.2, -0.15) is 10.2 Å². The van der Waals surface area contributed by atoms with Crippen molar-refractivity contribution in [3.8, 4) is 28.5 Å². The first-order valence-corrected chi connectivity index (χ1v) is 13.3. The molecule has 0 saturated heterocycles. The highest BCUT2D eigenvalue weighted by Crippen LogP contribution is 2.34. The number of methoxy groups -OCH3 is 3. The molecule has 10 heteroatoms. The average molecular weight is 603 g/mol. The van der Waals surface area contributed by atoms with E-state index in [1.165, 1.54) is 11.1 Å². The van der Waals surface area contributed by atoms with Gasteiger partial charge in [-0.15, -0.1) is 0 Å². The average Bonchev–Trinajstić information content (AvgIpc) is 3.44. The molecule has 40 heavy (non-hydrogen) atoms. The molecule has 0 N–H and O–H groups in total. The second kappa shape index (κ2) is 11.7. The molecule has 0 fully saturated rings. The summed E-state index contributed by atoms with van der Waals surface area (Å²) in [6.45, 7) is -0.274. The van der Waals surface area contributed by atoms with Crippen LogP contribution in [0.4, 0.5) is 0 Å². The maximum atomic E-state index is 13.7. The fourth-order valence-electron chi connectivity index (χ4n) is 4.56. The van der Waals surface area contributed by atoms with Gasteiger partial charge >= 0.3 is 0 Å². The molecule has 3 aromatic carbocycles. The second-order valence-electron chi connectivity index (χ2n) is 9.07. The fourth-order valence-corrected chi connectivity index (χ4v) is 4.82. The number of hydrogen-bond donors (Lipinski definition) is 0. The Morgan fingerprint density at radius 3 is 2.25 bits per heavy atom. The Balaban J connectivity index is 1.46. The zero-order chi connectivity index (χ0) is 28.2. The van der Waals surface area contributed by atoms with Gasteiger partial charge in [-0.05, 0) is 59.7 Å². The van der Waals surface area contributed by atoms with Crippen LogP contribution in [-0.2, 0) is 11.3 Å². The quantitative estimate of drug-likeness (QED) is 0.279. The second-order valence-corrected chi connectivity index (χ2v) is 9.98. The first kappa shape index (κ1) is 27.1. The number of rotatable bonds is 8. The third-order valence-corrected chi connectivity index (χ3v) is 7.20. The molecule has 1 aromatic heterocycles. The third-order valence-electron chi connectivity index (χ3n) is 6.67. The number of benzene rings is 3. The number of carbonyl (C=O) groups is 1. The molecule has 4 aromatic rings. The molecule has 1 amide bonds. The van der Waals surface area contributed by atoms with E-state index in [9.17, 15) is 9.59 Å². The number of aromatic nitrogens is 2. The van der Waals surface area contributed by atoms with Crippen molar-refractivity contribution in [1.29, 1.82) is 0 Å². The van der Waals surface area contributed by atoms with Crippen LogP contribution < -0.4 is 19.8 Å². The van der Waals surface area contributed by atoms with Crippen LogP contribution in [0.15, 0.2) is 93.2 Å². The van der Waals surface area contributed by atoms with Gasteiger partial charge in [0.2, 0.25) is 0 Å². The molecular weight excluding hydrogens is 576 g/mol. The summed E-state index contributed by atoms with van der Waals surface area (Å²) in [5.41, 5.74) is 3.44. The first-order chi connectivity index (χ1) is 19.4. The van der Waals surface area contributed by atoms with Crippen molar-refractivity contribution >= 4 is 27.5 Å². The molecular formula is C30H27BrN4O5. The van der Waals surface area contributed by atoms with Crippen molar-refractivity contribution < 1.29 is 19.0 Å². The summed E-state index contributed by atoms with van der Waals surface area (Å²) < 4.78 is 18.1. The van der Waals surface area contributed by atoms with Crippen LogP contribution in [-0.4, -0.2) is 47.7 Å². The van der Waals surface area contributed by atoms with Gasteiger partial charge in [-0.3, -0.25) is 9.59 Å². The summed E-state index contributed by atoms with van der Waals surface area (Å²) in [5, 5.41) is 10.7. The Morgan fingerprint density at radius 1 is 0.875 bits per heavy atom. The van der Waals surface area contributed by atoms with Crippen LogP contribution in [0.3, 0.4) is 0 Å². The van der Waals surface area contributed by atoms with E-state index in [2.05, 4.69) is 21.0 Å².